The fourth-order valence-corrected chi connectivity index (χ4v) is 3.12. The summed E-state index contributed by atoms with van der Waals surface area (Å²) in [6.45, 7) is 6.04. The smallest absolute Gasteiger partial charge is 0.308 e. The van der Waals surface area contributed by atoms with Gasteiger partial charge in [0.2, 0.25) is 11.8 Å². The molecule has 0 aliphatic heterocycles. The van der Waals surface area contributed by atoms with E-state index < -0.39 is 11.9 Å². The Hall–Kier alpha value is -1.92. The van der Waals surface area contributed by atoms with Crippen LogP contribution in [0.1, 0.15) is 77.4 Å². The van der Waals surface area contributed by atoms with Gasteiger partial charge in [-0.15, -0.1) is 0 Å². The monoisotopic (exact) mass is 351 g/mol. The third-order valence-electron chi connectivity index (χ3n) is 4.61. The Morgan fingerprint density at radius 3 is 2.60 bits per heavy atom. The molecule has 2 N–H and O–H groups in total. The van der Waals surface area contributed by atoms with Crippen LogP contribution in [0.3, 0.4) is 0 Å². The van der Waals surface area contributed by atoms with E-state index in [1.807, 2.05) is 20.8 Å². The molecule has 0 radical (unpaired) electrons. The number of nitrogens with zero attached hydrogens (tertiary/aromatic N) is 2. The number of rotatable bonds is 6. The summed E-state index contributed by atoms with van der Waals surface area (Å²) < 4.78 is 5.22. The van der Waals surface area contributed by atoms with Crippen molar-refractivity contribution >= 4 is 11.9 Å². The van der Waals surface area contributed by atoms with Crippen LogP contribution in [0.2, 0.25) is 0 Å². The summed E-state index contributed by atoms with van der Waals surface area (Å²) in [4.78, 5) is 27.9. The Balaban J connectivity index is 1.79. The summed E-state index contributed by atoms with van der Waals surface area (Å²) >= 11 is 0. The van der Waals surface area contributed by atoms with E-state index in [0.717, 1.165) is 25.7 Å². The normalized spacial score (nSPS) is 21.6. The number of nitrogens with one attached hydrogen (secondary N) is 1. The highest BCUT2D eigenvalue weighted by molar-refractivity contribution is 5.78. The highest BCUT2D eigenvalue weighted by Gasteiger charge is 2.30. The molecule has 0 bridgehead atoms. The van der Waals surface area contributed by atoms with E-state index in [4.69, 9.17) is 4.52 Å². The maximum absolute atomic E-state index is 12.2. The minimum atomic E-state index is -0.812. The largest absolute Gasteiger partial charge is 0.481 e. The molecule has 2 atom stereocenters. The third-order valence-corrected chi connectivity index (χ3v) is 4.61. The third kappa shape index (κ3) is 5.83. The van der Waals surface area contributed by atoms with Crippen LogP contribution in [0.5, 0.6) is 0 Å². The van der Waals surface area contributed by atoms with Gasteiger partial charge in [0, 0.05) is 24.3 Å². The van der Waals surface area contributed by atoms with Gasteiger partial charge in [0.25, 0.3) is 0 Å². The van der Waals surface area contributed by atoms with Gasteiger partial charge in [0.1, 0.15) is 0 Å². The van der Waals surface area contributed by atoms with Gasteiger partial charge in [-0.1, -0.05) is 45.2 Å². The number of carbonyl (C=O) groups excluding carboxylic acids is 1. The topological polar surface area (TPSA) is 105 Å². The maximum atomic E-state index is 12.2. The Kier molecular flexibility index (Phi) is 6.56. The van der Waals surface area contributed by atoms with Crippen molar-refractivity contribution in [3.8, 4) is 0 Å². The zero-order chi connectivity index (χ0) is 18.4. The van der Waals surface area contributed by atoms with Crippen molar-refractivity contribution in [2.75, 3.05) is 0 Å². The zero-order valence-corrected chi connectivity index (χ0v) is 15.4. The summed E-state index contributed by atoms with van der Waals surface area (Å²) in [5.41, 5.74) is -0.162. The molecule has 1 heterocycles. The highest BCUT2D eigenvalue weighted by atomic mass is 16.5. The number of aromatic nitrogens is 2. The Bertz CT molecular complexity index is 591. The second kappa shape index (κ2) is 8.45. The molecule has 7 nitrogen and oxygen atoms in total. The molecule has 1 aromatic heterocycles. The summed E-state index contributed by atoms with van der Waals surface area (Å²) in [7, 11) is 0. The molecule has 2 rings (SSSR count). The Morgan fingerprint density at radius 1 is 1.24 bits per heavy atom. The van der Waals surface area contributed by atoms with E-state index in [2.05, 4.69) is 15.5 Å². The van der Waals surface area contributed by atoms with E-state index in [1.54, 1.807) is 0 Å². The number of hydrogen-bond acceptors (Lipinski definition) is 5. The van der Waals surface area contributed by atoms with Crippen molar-refractivity contribution in [3.63, 3.8) is 0 Å². The van der Waals surface area contributed by atoms with Crippen LogP contribution < -0.4 is 5.32 Å². The van der Waals surface area contributed by atoms with E-state index in [9.17, 15) is 14.7 Å². The number of carboxylic acids is 1. The molecule has 0 unspecified atom stereocenters. The molecule has 0 spiro atoms. The predicted molar refractivity (Wildman–Crippen MR) is 92.1 cm³/mol. The second-order valence-corrected chi connectivity index (χ2v) is 7.87. The fraction of sp³-hybridized carbons (Fsp3) is 0.778. The van der Waals surface area contributed by atoms with Crippen LogP contribution in [0, 0.1) is 5.92 Å². The minimum absolute atomic E-state index is 0.103. The van der Waals surface area contributed by atoms with Crippen molar-refractivity contribution < 1.29 is 19.2 Å². The van der Waals surface area contributed by atoms with Crippen molar-refractivity contribution in [1.29, 1.82) is 0 Å². The Labute approximate surface area is 148 Å². The lowest BCUT2D eigenvalue weighted by molar-refractivity contribution is -0.143. The maximum Gasteiger partial charge on any atom is 0.308 e. The summed E-state index contributed by atoms with van der Waals surface area (Å²) in [6.07, 6.45) is 5.76. The van der Waals surface area contributed by atoms with Crippen molar-refractivity contribution in [2.24, 2.45) is 5.92 Å². The average Bonchev–Trinajstić information content (AvgIpc) is 2.87. The lowest BCUT2D eigenvalue weighted by Crippen LogP contribution is -2.42. The minimum Gasteiger partial charge on any atom is -0.481 e. The van der Waals surface area contributed by atoms with Gasteiger partial charge in [-0.25, -0.2) is 0 Å². The molecule has 0 saturated heterocycles. The summed E-state index contributed by atoms with van der Waals surface area (Å²) in [5.74, 6) is -0.191. The van der Waals surface area contributed by atoms with Gasteiger partial charge in [-0.05, 0) is 19.3 Å². The number of hydrogen-bond donors (Lipinski definition) is 2. The summed E-state index contributed by atoms with van der Waals surface area (Å²) in [5, 5.41) is 16.2. The van der Waals surface area contributed by atoms with Gasteiger partial charge >= 0.3 is 5.97 Å². The standard InChI is InChI=1S/C18H29N3O4/c1-18(2,3)17-20-15(25-21-17)11-7-10-14(22)19-13-9-6-4-5-8-12(13)16(23)24/h12-13H,4-11H2,1-3H3,(H,19,22)(H,23,24)/t12-,13+/m1/s1. The molecule has 1 amide bonds. The van der Waals surface area contributed by atoms with Gasteiger partial charge in [0.05, 0.1) is 5.92 Å². The van der Waals surface area contributed by atoms with Crippen molar-refractivity contribution in [2.45, 2.75) is 83.6 Å². The highest BCUT2D eigenvalue weighted by Crippen LogP contribution is 2.24. The quantitative estimate of drug-likeness (QED) is 0.764. The SMILES string of the molecule is CC(C)(C)c1noc(CCCC(=O)N[C@H]2CCCCC[C@H]2C(=O)O)n1. The first-order valence-corrected chi connectivity index (χ1v) is 9.12. The molecule has 1 aliphatic rings. The van der Waals surface area contributed by atoms with Crippen LogP contribution in [-0.4, -0.2) is 33.2 Å². The van der Waals surface area contributed by atoms with Gasteiger partial charge < -0.3 is 14.9 Å². The Morgan fingerprint density at radius 2 is 1.96 bits per heavy atom. The van der Waals surface area contributed by atoms with E-state index in [1.165, 1.54) is 0 Å². The predicted octanol–water partition coefficient (Wildman–Crippen LogP) is 2.84. The summed E-state index contributed by atoms with van der Waals surface area (Å²) in [6, 6.07) is -0.261. The second-order valence-electron chi connectivity index (χ2n) is 7.87. The van der Waals surface area contributed by atoms with Gasteiger partial charge in [-0.2, -0.15) is 4.98 Å². The number of amides is 1. The first-order chi connectivity index (χ1) is 11.8. The molecule has 7 heteroatoms. The number of aliphatic carboxylic acids is 1. The van der Waals surface area contributed by atoms with E-state index >= 15 is 0 Å². The number of aryl methyl sites for hydroxylation is 1. The first kappa shape index (κ1) is 19.4. The molecule has 140 valence electrons. The lowest BCUT2D eigenvalue weighted by Gasteiger charge is -2.22. The molecular weight excluding hydrogens is 322 g/mol. The van der Waals surface area contributed by atoms with E-state index in [0.29, 0.717) is 37.4 Å². The number of carbonyl (C=O) groups is 2. The van der Waals surface area contributed by atoms with Crippen LogP contribution in [-0.2, 0) is 21.4 Å². The molecule has 0 aromatic carbocycles. The van der Waals surface area contributed by atoms with Crippen LogP contribution in [0.25, 0.3) is 0 Å². The van der Waals surface area contributed by atoms with Crippen LogP contribution in [0.4, 0.5) is 0 Å². The fourth-order valence-electron chi connectivity index (χ4n) is 3.12. The van der Waals surface area contributed by atoms with Crippen molar-refractivity contribution in [3.05, 3.63) is 11.7 Å². The van der Waals surface area contributed by atoms with E-state index in [-0.39, 0.29) is 17.4 Å². The molecule has 25 heavy (non-hydrogen) atoms. The molecular formula is C18H29N3O4. The van der Waals surface area contributed by atoms with Gasteiger partial charge in [0.15, 0.2) is 5.82 Å². The molecule has 1 aliphatic carbocycles. The van der Waals surface area contributed by atoms with Crippen molar-refractivity contribution in [1.82, 2.24) is 15.5 Å². The molecule has 1 saturated carbocycles. The lowest BCUT2D eigenvalue weighted by atomic mass is 9.94. The van der Waals surface area contributed by atoms with Crippen LogP contribution in [0.15, 0.2) is 4.52 Å². The average molecular weight is 351 g/mol. The first-order valence-electron chi connectivity index (χ1n) is 9.12. The molecule has 1 aromatic rings. The van der Waals surface area contributed by atoms with Gasteiger partial charge in [-0.3, -0.25) is 9.59 Å². The number of carboxylic acid groups (broad SMARTS) is 1. The van der Waals surface area contributed by atoms with Crippen LogP contribution >= 0.6 is 0 Å². The molecule has 1 fully saturated rings. The zero-order valence-electron chi connectivity index (χ0n) is 15.4.